The van der Waals surface area contributed by atoms with Crippen molar-refractivity contribution < 1.29 is 19.1 Å². The highest BCUT2D eigenvalue weighted by Crippen LogP contribution is 2.24. The molecule has 2 heterocycles. The lowest BCUT2D eigenvalue weighted by atomic mass is 10.1. The molecule has 0 aliphatic carbocycles. The van der Waals surface area contributed by atoms with E-state index in [9.17, 15) is 9.59 Å². The molecule has 1 fully saturated rings. The Hall–Kier alpha value is -2.75. The zero-order chi connectivity index (χ0) is 23.2. The van der Waals surface area contributed by atoms with Crippen molar-refractivity contribution in [2.75, 3.05) is 20.3 Å². The van der Waals surface area contributed by atoms with Crippen LogP contribution in [0.4, 0.5) is 0 Å². The Morgan fingerprint density at radius 2 is 2.00 bits per heavy atom. The van der Waals surface area contributed by atoms with E-state index in [1.807, 2.05) is 30.3 Å². The van der Waals surface area contributed by atoms with Crippen molar-refractivity contribution in [3.05, 3.63) is 63.8 Å². The molecule has 0 bridgehead atoms. The first-order valence-electron chi connectivity index (χ1n) is 11.0. The minimum Gasteiger partial charge on any atom is -0.355 e. The average Bonchev–Trinajstić information content (AvgIpc) is 3.20. The average molecular weight is 515 g/mol. The van der Waals surface area contributed by atoms with Crippen molar-refractivity contribution in [1.29, 1.82) is 0 Å². The van der Waals surface area contributed by atoms with Gasteiger partial charge in [0.2, 0.25) is 0 Å². The fourth-order valence-electron chi connectivity index (χ4n) is 3.79. The number of ether oxygens (including phenoxy) is 2. The van der Waals surface area contributed by atoms with E-state index in [2.05, 4.69) is 31.7 Å². The van der Waals surface area contributed by atoms with Gasteiger partial charge in [0, 0.05) is 35.6 Å². The van der Waals surface area contributed by atoms with Gasteiger partial charge in [0.15, 0.2) is 12.0 Å². The van der Waals surface area contributed by atoms with Gasteiger partial charge in [0.1, 0.15) is 0 Å². The van der Waals surface area contributed by atoms with Gasteiger partial charge in [0.25, 0.3) is 11.8 Å². The van der Waals surface area contributed by atoms with Gasteiger partial charge in [-0.3, -0.25) is 14.3 Å². The highest BCUT2D eigenvalue weighted by molar-refractivity contribution is 9.10. The Bertz CT molecular complexity index is 1120. The molecule has 2 aromatic carbocycles. The summed E-state index contributed by atoms with van der Waals surface area (Å²) in [5.74, 6) is -0.407. The molecule has 2 N–H and O–H groups in total. The Labute approximate surface area is 200 Å². The number of hydrogen-bond donors (Lipinski definition) is 2. The summed E-state index contributed by atoms with van der Waals surface area (Å²) < 4.78 is 14.1. The molecular weight excluding hydrogens is 488 g/mol. The number of aromatic nitrogens is 2. The van der Waals surface area contributed by atoms with E-state index in [1.54, 1.807) is 23.9 Å². The molecule has 2 amide bonds. The van der Waals surface area contributed by atoms with E-state index in [1.165, 1.54) is 0 Å². The van der Waals surface area contributed by atoms with Crippen LogP contribution in [0, 0.1) is 0 Å². The number of carbonyl (C=O) groups is 2. The maximum absolute atomic E-state index is 13.0. The van der Waals surface area contributed by atoms with Gasteiger partial charge in [-0.05, 0) is 55.2 Å². The molecule has 3 aromatic rings. The lowest BCUT2D eigenvalue weighted by Gasteiger charge is -2.22. The molecule has 8 nitrogen and oxygen atoms in total. The molecule has 1 aliphatic heterocycles. The monoisotopic (exact) mass is 514 g/mol. The summed E-state index contributed by atoms with van der Waals surface area (Å²) in [5.41, 5.74) is 2.69. The van der Waals surface area contributed by atoms with Crippen molar-refractivity contribution in [2.45, 2.75) is 38.6 Å². The van der Waals surface area contributed by atoms with Gasteiger partial charge in [-0.15, -0.1) is 0 Å². The predicted octanol–water partition coefficient (Wildman–Crippen LogP) is 3.63. The SMILES string of the molecule is CNC(=O)c1ccc(CNC(=O)c2nn(CCO[C@@H]3CCCCO3)c3ccc(Br)cc23)cc1. The van der Waals surface area contributed by atoms with Gasteiger partial charge in [-0.25, -0.2) is 0 Å². The van der Waals surface area contributed by atoms with E-state index in [-0.39, 0.29) is 18.1 Å². The first-order chi connectivity index (χ1) is 16.0. The second-order valence-corrected chi connectivity index (χ2v) is 8.77. The number of rotatable bonds is 8. The molecule has 33 heavy (non-hydrogen) atoms. The molecule has 1 aromatic heterocycles. The van der Waals surface area contributed by atoms with Crippen molar-refractivity contribution >= 4 is 38.6 Å². The van der Waals surface area contributed by atoms with Crippen LogP contribution in [-0.4, -0.2) is 48.1 Å². The van der Waals surface area contributed by atoms with Gasteiger partial charge in [-0.1, -0.05) is 28.1 Å². The summed E-state index contributed by atoms with van der Waals surface area (Å²) in [4.78, 5) is 24.7. The standard InChI is InChI=1S/C24H27BrN4O4/c1-26-23(30)17-7-5-16(6-8-17)15-27-24(31)22-19-14-18(25)9-10-20(19)29(28-22)11-13-33-21-4-2-3-12-32-21/h5-10,14,21H,2-4,11-13,15H2,1H3,(H,26,30)(H,27,31)/t21-/m1/s1. The zero-order valence-electron chi connectivity index (χ0n) is 18.5. The number of carbonyl (C=O) groups excluding carboxylic acids is 2. The highest BCUT2D eigenvalue weighted by Gasteiger charge is 2.19. The zero-order valence-corrected chi connectivity index (χ0v) is 20.1. The molecular formula is C24H27BrN4O4. The fraction of sp³-hybridized carbons (Fsp3) is 0.375. The Morgan fingerprint density at radius 3 is 2.73 bits per heavy atom. The second-order valence-electron chi connectivity index (χ2n) is 7.86. The third-order valence-electron chi connectivity index (χ3n) is 5.57. The van der Waals surface area contributed by atoms with Gasteiger partial charge >= 0.3 is 0 Å². The minimum absolute atomic E-state index is 0.146. The molecule has 0 radical (unpaired) electrons. The first kappa shape index (κ1) is 23.4. The maximum atomic E-state index is 13.0. The third-order valence-corrected chi connectivity index (χ3v) is 6.06. The quantitative estimate of drug-likeness (QED) is 0.478. The van der Waals surface area contributed by atoms with Crippen LogP contribution in [-0.2, 0) is 22.6 Å². The molecule has 1 aliphatic rings. The van der Waals surface area contributed by atoms with Crippen LogP contribution in [0.2, 0.25) is 0 Å². The van der Waals surface area contributed by atoms with Crippen molar-refractivity contribution in [3.8, 4) is 0 Å². The number of benzene rings is 2. The van der Waals surface area contributed by atoms with Crippen LogP contribution in [0.25, 0.3) is 10.9 Å². The van der Waals surface area contributed by atoms with Crippen molar-refractivity contribution in [1.82, 2.24) is 20.4 Å². The van der Waals surface area contributed by atoms with Gasteiger partial charge in [-0.2, -0.15) is 5.10 Å². The molecule has 174 valence electrons. The van der Waals surface area contributed by atoms with Crippen LogP contribution < -0.4 is 10.6 Å². The van der Waals surface area contributed by atoms with Gasteiger partial charge in [0.05, 0.1) is 18.7 Å². The molecule has 1 saturated heterocycles. The summed E-state index contributed by atoms with van der Waals surface area (Å²) in [6.45, 7) is 2.04. The lowest BCUT2D eigenvalue weighted by molar-refractivity contribution is -0.163. The smallest absolute Gasteiger partial charge is 0.272 e. The maximum Gasteiger partial charge on any atom is 0.272 e. The van der Waals surface area contributed by atoms with Crippen molar-refractivity contribution in [3.63, 3.8) is 0 Å². The topological polar surface area (TPSA) is 94.5 Å². The molecule has 9 heteroatoms. The number of hydrogen-bond acceptors (Lipinski definition) is 5. The molecule has 4 rings (SSSR count). The normalized spacial score (nSPS) is 16.0. The molecule has 0 saturated carbocycles. The van der Waals surface area contributed by atoms with E-state index < -0.39 is 0 Å². The Balaban J connectivity index is 1.44. The summed E-state index contributed by atoms with van der Waals surface area (Å²) >= 11 is 3.49. The predicted molar refractivity (Wildman–Crippen MR) is 128 cm³/mol. The molecule has 0 unspecified atom stereocenters. The van der Waals surface area contributed by atoms with Crippen LogP contribution in [0.15, 0.2) is 46.9 Å². The van der Waals surface area contributed by atoms with E-state index in [0.29, 0.717) is 31.0 Å². The second kappa shape index (κ2) is 10.9. The summed E-state index contributed by atoms with van der Waals surface area (Å²) in [5, 5.41) is 10.9. The Kier molecular flexibility index (Phi) is 7.74. The van der Waals surface area contributed by atoms with E-state index in [4.69, 9.17) is 9.47 Å². The van der Waals surface area contributed by atoms with E-state index >= 15 is 0 Å². The minimum atomic E-state index is -0.260. The number of nitrogens with one attached hydrogen (secondary N) is 2. The summed E-state index contributed by atoms with van der Waals surface area (Å²) in [6.07, 6.45) is 2.94. The fourth-order valence-corrected chi connectivity index (χ4v) is 4.15. The molecule has 1 atom stereocenters. The van der Waals surface area contributed by atoms with Crippen LogP contribution in [0.5, 0.6) is 0 Å². The first-order valence-corrected chi connectivity index (χ1v) is 11.8. The summed E-state index contributed by atoms with van der Waals surface area (Å²) in [6, 6.07) is 12.9. The number of amides is 2. The van der Waals surface area contributed by atoms with Crippen LogP contribution >= 0.6 is 15.9 Å². The van der Waals surface area contributed by atoms with Crippen LogP contribution in [0.3, 0.4) is 0 Å². The highest BCUT2D eigenvalue weighted by atomic mass is 79.9. The van der Waals surface area contributed by atoms with Crippen molar-refractivity contribution in [2.24, 2.45) is 0 Å². The number of nitrogens with zero attached hydrogens (tertiary/aromatic N) is 2. The number of fused-ring (bicyclic) bond motifs is 1. The third kappa shape index (κ3) is 5.79. The largest absolute Gasteiger partial charge is 0.355 e. The van der Waals surface area contributed by atoms with Gasteiger partial charge < -0.3 is 20.1 Å². The van der Waals surface area contributed by atoms with Crippen LogP contribution in [0.1, 0.15) is 45.7 Å². The van der Waals surface area contributed by atoms with E-state index in [0.717, 1.165) is 46.8 Å². The Morgan fingerprint density at radius 1 is 1.18 bits per heavy atom. The lowest BCUT2D eigenvalue weighted by Crippen LogP contribution is -2.25. The number of halogens is 1. The summed E-state index contributed by atoms with van der Waals surface area (Å²) in [7, 11) is 1.59. The molecule has 0 spiro atoms.